The van der Waals surface area contributed by atoms with Gasteiger partial charge in [0.05, 0.1) is 31.0 Å². The number of para-hydroxylation sites is 1. The van der Waals surface area contributed by atoms with Crippen LogP contribution in [-0.4, -0.2) is 77.7 Å². The van der Waals surface area contributed by atoms with E-state index in [-0.39, 0.29) is 36.5 Å². The molecule has 3 aromatic carbocycles. The summed E-state index contributed by atoms with van der Waals surface area (Å²) in [7, 11) is 3.68. The van der Waals surface area contributed by atoms with Crippen molar-refractivity contribution in [1.82, 2.24) is 14.8 Å². The van der Waals surface area contributed by atoms with E-state index in [0.29, 0.717) is 42.2 Å². The van der Waals surface area contributed by atoms with Crippen LogP contribution in [0.4, 0.5) is 5.69 Å². The summed E-state index contributed by atoms with van der Waals surface area (Å²) in [6, 6.07) is 20.0. The van der Waals surface area contributed by atoms with Gasteiger partial charge in [0.1, 0.15) is 16.9 Å². The molecule has 0 bridgehead atoms. The summed E-state index contributed by atoms with van der Waals surface area (Å²) in [5.74, 6) is 0.500. The molecular weight excluding hydrogens is 576 g/mol. The molecule has 4 aromatic rings. The van der Waals surface area contributed by atoms with Crippen LogP contribution in [0.1, 0.15) is 40.1 Å². The maximum Gasteiger partial charge on any atom is 0.258 e. The van der Waals surface area contributed by atoms with Crippen molar-refractivity contribution in [3.05, 3.63) is 95.0 Å². The fourth-order valence-corrected chi connectivity index (χ4v) is 5.94. The molecular formula is C34H38N4O5S. The Morgan fingerprint density at radius 2 is 1.93 bits per heavy atom. The van der Waals surface area contributed by atoms with Gasteiger partial charge in [0, 0.05) is 48.3 Å². The van der Waals surface area contributed by atoms with Gasteiger partial charge in [-0.3, -0.25) is 14.5 Å². The number of nitrogens with one attached hydrogen (secondary N) is 1. The van der Waals surface area contributed by atoms with Gasteiger partial charge in [-0.2, -0.15) is 0 Å². The standard InChI is InChI=1S/C34H38N4O5S/c1-22-18-38(23(2)21-39)34(41)28-6-5-7-29(36-32(40)25-10-12-26(13-11-25)33-35-16-17-44-33)31(28)43-30(22)20-37(3)19-24-8-14-27(42-4)15-9-24/h5-17,22-23,30,39H,18-21H2,1-4H3,(H,36,40)/t22-,23+,30+/m1/s1. The summed E-state index contributed by atoms with van der Waals surface area (Å²) >= 11 is 1.53. The zero-order chi connectivity index (χ0) is 31.2. The highest BCUT2D eigenvalue weighted by Gasteiger charge is 2.34. The molecule has 1 aliphatic rings. The highest BCUT2D eigenvalue weighted by atomic mass is 32.1. The monoisotopic (exact) mass is 614 g/mol. The van der Waals surface area contributed by atoms with E-state index in [4.69, 9.17) is 9.47 Å². The number of methoxy groups -OCH3 is 1. The van der Waals surface area contributed by atoms with Crippen molar-refractivity contribution in [2.45, 2.75) is 32.5 Å². The Labute approximate surface area is 262 Å². The van der Waals surface area contributed by atoms with E-state index in [1.54, 1.807) is 48.5 Å². The number of amides is 2. The van der Waals surface area contributed by atoms with Crippen molar-refractivity contribution < 1.29 is 24.2 Å². The van der Waals surface area contributed by atoms with E-state index < -0.39 is 0 Å². The molecule has 0 fully saturated rings. The Balaban J connectivity index is 1.42. The van der Waals surface area contributed by atoms with E-state index >= 15 is 0 Å². The summed E-state index contributed by atoms with van der Waals surface area (Å²) in [5.41, 5.74) is 3.30. The zero-order valence-electron chi connectivity index (χ0n) is 25.4. The number of carbonyl (C=O) groups is 2. The van der Waals surface area contributed by atoms with Crippen molar-refractivity contribution in [3.8, 4) is 22.1 Å². The first kappa shape index (κ1) is 31.2. The second-order valence-electron chi connectivity index (χ2n) is 11.2. The van der Waals surface area contributed by atoms with Gasteiger partial charge < -0.3 is 24.8 Å². The molecule has 0 aliphatic carbocycles. The fraction of sp³-hybridized carbons (Fsp3) is 0.324. The molecule has 0 spiro atoms. The van der Waals surface area contributed by atoms with Gasteiger partial charge in [0.2, 0.25) is 0 Å². The second kappa shape index (κ2) is 14.0. The lowest BCUT2D eigenvalue weighted by atomic mass is 9.98. The Bertz CT molecular complexity index is 1560. The van der Waals surface area contributed by atoms with Crippen LogP contribution >= 0.6 is 11.3 Å². The largest absolute Gasteiger partial charge is 0.497 e. The number of aromatic nitrogens is 1. The topological polar surface area (TPSA) is 104 Å². The maximum absolute atomic E-state index is 13.8. The number of hydrogen-bond acceptors (Lipinski definition) is 8. The Morgan fingerprint density at radius 3 is 2.59 bits per heavy atom. The highest BCUT2D eigenvalue weighted by Crippen LogP contribution is 2.35. The van der Waals surface area contributed by atoms with Crippen molar-refractivity contribution in [2.75, 3.05) is 39.2 Å². The zero-order valence-corrected chi connectivity index (χ0v) is 26.2. The van der Waals surface area contributed by atoms with Crippen LogP contribution in [0.5, 0.6) is 11.5 Å². The summed E-state index contributed by atoms with van der Waals surface area (Å²) in [6.45, 7) is 5.40. The first-order valence-corrected chi connectivity index (χ1v) is 15.5. The molecule has 2 amide bonds. The minimum absolute atomic E-state index is 0.0680. The van der Waals surface area contributed by atoms with Crippen LogP contribution in [0.25, 0.3) is 10.6 Å². The van der Waals surface area contributed by atoms with Gasteiger partial charge in [0.25, 0.3) is 11.8 Å². The minimum atomic E-state index is -0.386. The molecule has 2 heterocycles. The number of benzene rings is 3. The van der Waals surface area contributed by atoms with Crippen molar-refractivity contribution in [2.24, 2.45) is 5.92 Å². The number of rotatable bonds is 10. The van der Waals surface area contributed by atoms with Gasteiger partial charge in [0.15, 0.2) is 5.75 Å². The molecule has 1 aliphatic heterocycles. The average molecular weight is 615 g/mol. The number of ether oxygens (including phenoxy) is 2. The summed E-state index contributed by atoms with van der Waals surface area (Å²) in [6.07, 6.45) is 1.44. The lowest BCUT2D eigenvalue weighted by Gasteiger charge is -2.38. The Kier molecular flexibility index (Phi) is 9.94. The minimum Gasteiger partial charge on any atom is -0.497 e. The average Bonchev–Trinajstić information content (AvgIpc) is 3.58. The van der Waals surface area contributed by atoms with Crippen molar-refractivity contribution >= 4 is 28.8 Å². The van der Waals surface area contributed by atoms with E-state index in [9.17, 15) is 14.7 Å². The SMILES string of the molecule is COc1ccc(CN(C)C[C@@H]2Oc3c(NC(=O)c4ccc(-c5nccs5)cc4)cccc3C(=O)N([C@@H](C)CO)C[C@H]2C)cc1. The van der Waals surface area contributed by atoms with Crippen LogP contribution in [0.15, 0.2) is 78.3 Å². The van der Waals surface area contributed by atoms with E-state index in [0.717, 1.165) is 21.9 Å². The summed E-state index contributed by atoms with van der Waals surface area (Å²) < 4.78 is 12.0. The predicted molar refractivity (Wildman–Crippen MR) is 172 cm³/mol. The molecule has 2 N–H and O–H groups in total. The number of hydrogen-bond donors (Lipinski definition) is 2. The molecule has 5 rings (SSSR count). The van der Waals surface area contributed by atoms with E-state index in [1.165, 1.54) is 11.3 Å². The number of carbonyl (C=O) groups excluding carboxylic acids is 2. The summed E-state index contributed by atoms with van der Waals surface area (Å²) in [5, 5.41) is 15.8. The molecule has 3 atom stereocenters. The van der Waals surface area contributed by atoms with Crippen molar-refractivity contribution in [1.29, 1.82) is 0 Å². The smallest absolute Gasteiger partial charge is 0.258 e. The molecule has 0 radical (unpaired) electrons. The van der Waals surface area contributed by atoms with Crippen LogP contribution < -0.4 is 14.8 Å². The number of anilines is 1. The Hall–Kier alpha value is -4.25. The third-order valence-corrected chi connectivity index (χ3v) is 8.69. The summed E-state index contributed by atoms with van der Waals surface area (Å²) in [4.78, 5) is 35.4. The molecule has 0 unspecified atom stereocenters. The van der Waals surface area contributed by atoms with Crippen LogP contribution in [0, 0.1) is 5.92 Å². The molecule has 0 saturated heterocycles. The first-order chi connectivity index (χ1) is 21.3. The predicted octanol–water partition coefficient (Wildman–Crippen LogP) is 5.42. The normalized spacial score (nSPS) is 17.3. The van der Waals surface area contributed by atoms with Crippen LogP contribution in [-0.2, 0) is 6.54 Å². The van der Waals surface area contributed by atoms with Gasteiger partial charge in [-0.25, -0.2) is 4.98 Å². The van der Waals surface area contributed by atoms with E-state index in [1.807, 2.05) is 62.7 Å². The number of fused-ring (bicyclic) bond motifs is 1. The molecule has 9 nitrogen and oxygen atoms in total. The number of thiazole rings is 1. The fourth-order valence-electron chi connectivity index (χ4n) is 5.30. The molecule has 44 heavy (non-hydrogen) atoms. The molecule has 1 aromatic heterocycles. The van der Waals surface area contributed by atoms with Crippen LogP contribution in [0.3, 0.4) is 0 Å². The van der Waals surface area contributed by atoms with Gasteiger partial charge >= 0.3 is 0 Å². The van der Waals surface area contributed by atoms with E-state index in [2.05, 4.69) is 15.2 Å². The third-order valence-electron chi connectivity index (χ3n) is 7.87. The quantitative estimate of drug-likeness (QED) is 0.246. The number of aliphatic hydroxyl groups is 1. The van der Waals surface area contributed by atoms with Crippen molar-refractivity contribution in [3.63, 3.8) is 0 Å². The maximum atomic E-state index is 13.8. The highest BCUT2D eigenvalue weighted by molar-refractivity contribution is 7.13. The Morgan fingerprint density at radius 1 is 1.18 bits per heavy atom. The lowest BCUT2D eigenvalue weighted by molar-refractivity contribution is 0.0343. The number of nitrogens with zero attached hydrogens (tertiary/aromatic N) is 3. The number of aliphatic hydroxyl groups excluding tert-OH is 1. The third kappa shape index (κ3) is 7.10. The lowest BCUT2D eigenvalue weighted by Crippen LogP contribution is -2.49. The van der Waals surface area contributed by atoms with Gasteiger partial charge in [-0.1, -0.05) is 37.3 Å². The second-order valence-corrected chi connectivity index (χ2v) is 12.1. The number of likely N-dealkylation sites (N-methyl/N-ethyl adjacent to an activating group) is 1. The molecule has 10 heteroatoms. The molecule has 230 valence electrons. The van der Waals surface area contributed by atoms with Crippen LogP contribution in [0.2, 0.25) is 0 Å². The molecule has 0 saturated carbocycles. The van der Waals surface area contributed by atoms with Gasteiger partial charge in [-0.05, 0) is 55.9 Å². The van der Waals surface area contributed by atoms with Gasteiger partial charge in [-0.15, -0.1) is 11.3 Å². The first-order valence-electron chi connectivity index (χ1n) is 14.6.